The monoisotopic (exact) mass is 356 g/mol. The van der Waals surface area contributed by atoms with E-state index in [1.165, 1.54) is 12.1 Å². The van der Waals surface area contributed by atoms with Gasteiger partial charge in [-0.3, -0.25) is 4.79 Å². The van der Waals surface area contributed by atoms with Crippen LogP contribution < -0.4 is 11.3 Å². The van der Waals surface area contributed by atoms with Crippen molar-refractivity contribution >= 4 is 22.6 Å². The number of aromatic hydroxyl groups is 1. The standard InChI is InChI=1S/C22H16N2O3/c23-21(26)19-12-16-8-11-18(25)13-20(16)27-22(19)24-17-9-6-15(7-10-17)14-4-2-1-3-5-14/h1-13,25H,(H2,23,26). The summed E-state index contributed by atoms with van der Waals surface area (Å²) in [7, 11) is 0. The van der Waals surface area contributed by atoms with Crippen molar-refractivity contribution in [2.24, 2.45) is 10.7 Å². The first-order chi connectivity index (χ1) is 13.1. The predicted octanol–water partition coefficient (Wildman–Crippen LogP) is 4.14. The van der Waals surface area contributed by atoms with Gasteiger partial charge in [0.2, 0.25) is 5.55 Å². The molecule has 0 fully saturated rings. The second-order valence-electron chi connectivity index (χ2n) is 6.08. The van der Waals surface area contributed by atoms with Crippen LogP contribution in [0.2, 0.25) is 0 Å². The van der Waals surface area contributed by atoms with Crippen LogP contribution >= 0.6 is 0 Å². The molecule has 27 heavy (non-hydrogen) atoms. The number of nitrogens with zero attached hydrogens (tertiary/aromatic N) is 1. The van der Waals surface area contributed by atoms with Crippen LogP contribution in [0, 0.1) is 0 Å². The van der Waals surface area contributed by atoms with Crippen LogP contribution in [-0.2, 0) is 0 Å². The lowest BCUT2D eigenvalue weighted by molar-refractivity contribution is 0.0996. The van der Waals surface area contributed by atoms with Crippen molar-refractivity contribution in [3.05, 3.63) is 90.0 Å². The van der Waals surface area contributed by atoms with Gasteiger partial charge in [-0.05, 0) is 41.5 Å². The van der Waals surface area contributed by atoms with Crippen LogP contribution in [0.25, 0.3) is 22.1 Å². The summed E-state index contributed by atoms with van der Waals surface area (Å²) < 4.78 is 5.73. The number of benzene rings is 3. The van der Waals surface area contributed by atoms with Gasteiger partial charge in [0.1, 0.15) is 16.9 Å². The van der Waals surface area contributed by atoms with Crippen molar-refractivity contribution in [1.29, 1.82) is 0 Å². The zero-order valence-electron chi connectivity index (χ0n) is 14.3. The number of nitrogens with two attached hydrogens (primary N) is 1. The maximum atomic E-state index is 11.8. The van der Waals surface area contributed by atoms with E-state index in [0.717, 1.165) is 11.1 Å². The second kappa shape index (κ2) is 6.80. The smallest absolute Gasteiger partial charge is 0.254 e. The molecule has 1 aromatic heterocycles. The fourth-order valence-electron chi connectivity index (χ4n) is 2.84. The molecule has 1 amide bonds. The molecule has 5 heteroatoms. The first-order valence-corrected chi connectivity index (χ1v) is 8.37. The molecule has 0 atom stereocenters. The molecule has 0 saturated carbocycles. The molecule has 132 valence electrons. The molecule has 3 aromatic carbocycles. The normalized spacial score (nSPS) is 11.6. The predicted molar refractivity (Wildman–Crippen MR) is 103 cm³/mol. The molecule has 0 aliphatic rings. The van der Waals surface area contributed by atoms with Gasteiger partial charge in [-0.2, -0.15) is 0 Å². The highest BCUT2D eigenvalue weighted by Crippen LogP contribution is 2.23. The molecule has 0 spiro atoms. The fraction of sp³-hybridized carbons (Fsp3) is 0. The van der Waals surface area contributed by atoms with Crippen LogP contribution in [0.15, 0.2) is 88.3 Å². The quantitative estimate of drug-likeness (QED) is 0.578. The molecule has 4 aromatic rings. The zero-order valence-corrected chi connectivity index (χ0v) is 14.3. The third-order valence-corrected chi connectivity index (χ3v) is 4.20. The van der Waals surface area contributed by atoms with E-state index in [1.54, 1.807) is 12.1 Å². The Morgan fingerprint density at radius 1 is 0.889 bits per heavy atom. The molecule has 0 saturated heterocycles. The minimum absolute atomic E-state index is 0.0660. The summed E-state index contributed by atoms with van der Waals surface area (Å²) in [5, 5.41) is 10.3. The number of hydrogen-bond donors (Lipinski definition) is 2. The second-order valence-corrected chi connectivity index (χ2v) is 6.08. The lowest BCUT2D eigenvalue weighted by Gasteiger charge is -2.04. The number of carbonyl (C=O) groups excluding carboxylic acids is 1. The molecular weight excluding hydrogens is 340 g/mol. The summed E-state index contributed by atoms with van der Waals surface area (Å²) in [6, 6.07) is 23.8. The van der Waals surface area contributed by atoms with E-state index >= 15 is 0 Å². The van der Waals surface area contributed by atoms with Gasteiger partial charge in [0.15, 0.2) is 0 Å². The van der Waals surface area contributed by atoms with Gasteiger partial charge >= 0.3 is 0 Å². The number of phenols is 1. The third kappa shape index (κ3) is 3.43. The van der Waals surface area contributed by atoms with Gasteiger partial charge in [0.25, 0.3) is 5.91 Å². The van der Waals surface area contributed by atoms with Gasteiger partial charge in [-0.15, -0.1) is 0 Å². The maximum absolute atomic E-state index is 11.8. The van der Waals surface area contributed by atoms with Gasteiger partial charge in [0, 0.05) is 11.5 Å². The highest BCUT2D eigenvalue weighted by atomic mass is 16.3. The van der Waals surface area contributed by atoms with E-state index in [1.807, 2.05) is 54.6 Å². The lowest BCUT2D eigenvalue weighted by atomic mass is 10.1. The first kappa shape index (κ1) is 16.6. The average Bonchev–Trinajstić information content (AvgIpc) is 2.68. The Labute approximate surface area is 155 Å². The van der Waals surface area contributed by atoms with E-state index in [9.17, 15) is 9.90 Å². The van der Waals surface area contributed by atoms with Crippen molar-refractivity contribution in [1.82, 2.24) is 0 Å². The van der Waals surface area contributed by atoms with E-state index < -0.39 is 5.91 Å². The minimum Gasteiger partial charge on any atom is -0.508 e. The Hall–Kier alpha value is -3.86. The van der Waals surface area contributed by atoms with Crippen LogP contribution in [0.3, 0.4) is 0 Å². The number of rotatable bonds is 3. The lowest BCUT2D eigenvalue weighted by Crippen LogP contribution is -2.21. The van der Waals surface area contributed by atoms with E-state index in [-0.39, 0.29) is 16.9 Å². The Kier molecular flexibility index (Phi) is 4.18. The van der Waals surface area contributed by atoms with Crippen LogP contribution in [-0.4, -0.2) is 11.0 Å². The Morgan fingerprint density at radius 2 is 1.59 bits per heavy atom. The van der Waals surface area contributed by atoms with Crippen molar-refractivity contribution < 1.29 is 14.3 Å². The number of carbonyl (C=O) groups is 1. The summed E-state index contributed by atoms with van der Waals surface area (Å²) in [6.45, 7) is 0. The highest BCUT2D eigenvalue weighted by Gasteiger charge is 2.10. The van der Waals surface area contributed by atoms with Gasteiger partial charge in [-0.1, -0.05) is 42.5 Å². The SMILES string of the molecule is NC(=O)c1cc2ccc(O)cc2oc1=Nc1ccc(-c2ccccc2)cc1. The van der Waals surface area contributed by atoms with Crippen LogP contribution in [0.4, 0.5) is 5.69 Å². The molecule has 0 bridgehead atoms. The number of primary amides is 1. The molecule has 4 rings (SSSR count). The van der Waals surface area contributed by atoms with E-state index in [0.29, 0.717) is 16.7 Å². The first-order valence-electron chi connectivity index (χ1n) is 8.37. The average molecular weight is 356 g/mol. The summed E-state index contributed by atoms with van der Waals surface area (Å²) in [5.41, 5.74) is 8.97. The van der Waals surface area contributed by atoms with Crippen molar-refractivity contribution in [2.45, 2.75) is 0 Å². The Morgan fingerprint density at radius 3 is 2.30 bits per heavy atom. The molecular formula is C22H16N2O3. The van der Waals surface area contributed by atoms with Crippen molar-refractivity contribution in [3.63, 3.8) is 0 Å². The molecule has 0 unspecified atom stereocenters. The number of fused-ring (bicyclic) bond motifs is 1. The number of hydrogen-bond acceptors (Lipinski definition) is 4. The fourth-order valence-corrected chi connectivity index (χ4v) is 2.84. The van der Waals surface area contributed by atoms with Gasteiger partial charge in [0.05, 0.1) is 5.69 Å². The minimum atomic E-state index is -0.631. The summed E-state index contributed by atoms with van der Waals surface area (Å²) in [4.78, 5) is 16.2. The van der Waals surface area contributed by atoms with Gasteiger partial charge in [-0.25, -0.2) is 4.99 Å². The highest BCUT2D eigenvalue weighted by molar-refractivity contribution is 5.95. The molecule has 0 aliphatic heterocycles. The molecule has 3 N–H and O–H groups in total. The number of amides is 1. The number of phenolic OH excluding ortho intramolecular Hbond substituents is 1. The molecule has 0 radical (unpaired) electrons. The van der Waals surface area contributed by atoms with Crippen molar-refractivity contribution in [2.75, 3.05) is 0 Å². The van der Waals surface area contributed by atoms with Gasteiger partial charge < -0.3 is 15.3 Å². The van der Waals surface area contributed by atoms with Crippen LogP contribution in [0.5, 0.6) is 5.75 Å². The van der Waals surface area contributed by atoms with Crippen molar-refractivity contribution in [3.8, 4) is 16.9 Å². The molecule has 1 heterocycles. The molecule has 0 aliphatic carbocycles. The topological polar surface area (TPSA) is 88.8 Å². The zero-order chi connectivity index (χ0) is 18.8. The Balaban J connectivity index is 1.82. The largest absolute Gasteiger partial charge is 0.508 e. The Bertz CT molecular complexity index is 1190. The maximum Gasteiger partial charge on any atom is 0.254 e. The molecule has 5 nitrogen and oxygen atoms in total. The van der Waals surface area contributed by atoms with E-state index in [4.69, 9.17) is 10.2 Å². The third-order valence-electron chi connectivity index (χ3n) is 4.20. The van der Waals surface area contributed by atoms with E-state index in [2.05, 4.69) is 4.99 Å². The summed E-state index contributed by atoms with van der Waals surface area (Å²) >= 11 is 0. The summed E-state index contributed by atoms with van der Waals surface area (Å²) in [6.07, 6.45) is 0. The van der Waals surface area contributed by atoms with Crippen LogP contribution in [0.1, 0.15) is 10.4 Å². The summed E-state index contributed by atoms with van der Waals surface area (Å²) in [5.74, 6) is -0.565.